The van der Waals surface area contributed by atoms with Gasteiger partial charge in [-0.2, -0.15) is 13.2 Å². The minimum atomic E-state index is -4.37. The molecule has 3 aromatic carbocycles. The second-order valence-corrected chi connectivity index (χ2v) is 9.28. The number of alkyl halides is 3. The molecular formula is C28H28F3NO2. The minimum absolute atomic E-state index is 0.139. The van der Waals surface area contributed by atoms with Crippen LogP contribution in [0.15, 0.2) is 66.7 Å². The van der Waals surface area contributed by atoms with Gasteiger partial charge in [-0.05, 0) is 79.4 Å². The summed E-state index contributed by atoms with van der Waals surface area (Å²) in [5.74, 6) is 0.527. The lowest BCUT2D eigenvalue weighted by Gasteiger charge is -2.34. The van der Waals surface area contributed by atoms with Crippen molar-refractivity contribution in [1.82, 2.24) is 4.90 Å². The molecule has 6 heteroatoms. The summed E-state index contributed by atoms with van der Waals surface area (Å²) < 4.78 is 45.2. The fraction of sp³-hybridized carbons (Fsp3) is 0.357. The molecule has 0 aliphatic carbocycles. The molecule has 0 saturated carbocycles. The number of fused-ring (bicyclic) bond motifs is 1. The van der Waals surface area contributed by atoms with Crippen molar-refractivity contribution in [3.8, 4) is 11.5 Å². The fourth-order valence-electron chi connectivity index (χ4n) is 5.21. The molecule has 178 valence electrons. The number of rotatable bonds is 5. The van der Waals surface area contributed by atoms with Crippen molar-refractivity contribution in [3.05, 3.63) is 94.5 Å². The third-order valence-corrected chi connectivity index (χ3v) is 7.07. The van der Waals surface area contributed by atoms with Crippen molar-refractivity contribution < 1.29 is 23.0 Å². The quantitative estimate of drug-likeness (QED) is 0.474. The predicted octanol–water partition coefficient (Wildman–Crippen LogP) is 6.36. The second-order valence-electron chi connectivity index (χ2n) is 9.28. The van der Waals surface area contributed by atoms with Crippen LogP contribution in [-0.2, 0) is 12.6 Å². The largest absolute Gasteiger partial charge is 0.508 e. The van der Waals surface area contributed by atoms with Gasteiger partial charge in [0.2, 0.25) is 0 Å². The first-order valence-corrected chi connectivity index (χ1v) is 11.8. The van der Waals surface area contributed by atoms with Crippen LogP contribution in [0, 0.1) is 0 Å². The van der Waals surface area contributed by atoms with Crippen LogP contribution in [-0.4, -0.2) is 36.2 Å². The summed E-state index contributed by atoms with van der Waals surface area (Å²) in [6.07, 6.45) is -0.821. The lowest BCUT2D eigenvalue weighted by atomic mass is 9.75. The maximum absolute atomic E-state index is 13.1. The molecule has 34 heavy (non-hydrogen) atoms. The van der Waals surface area contributed by atoms with E-state index >= 15 is 0 Å². The van der Waals surface area contributed by atoms with Crippen LogP contribution in [0.1, 0.15) is 52.5 Å². The summed E-state index contributed by atoms with van der Waals surface area (Å²) in [4.78, 5) is 2.49. The van der Waals surface area contributed by atoms with Gasteiger partial charge in [-0.15, -0.1) is 0 Å². The first-order chi connectivity index (χ1) is 16.4. The molecule has 3 nitrogen and oxygen atoms in total. The molecule has 0 aromatic heterocycles. The van der Waals surface area contributed by atoms with Crippen molar-refractivity contribution in [2.75, 3.05) is 26.2 Å². The van der Waals surface area contributed by atoms with Gasteiger partial charge in [0.15, 0.2) is 0 Å². The van der Waals surface area contributed by atoms with E-state index in [-0.39, 0.29) is 17.6 Å². The molecule has 1 N–H and O–H groups in total. The number of hydrogen-bond donors (Lipinski definition) is 1. The van der Waals surface area contributed by atoms with Crippen LogP contribution in [0.5, 0.6) is 11.5 Å². The van der Waals surface area contributed by atoms with Crippen molar-refractivity contribution in [2.24, 2.45) is 0 Å². The summed E-state index contributed by atoms with van der Waals surface area (Å²) in [6.45, 7) is 3.76. The predicted molar refractivity (Wildman–Crippen MR) is 125 cm³/mol. The maximum Gasteiger partial charge on any atom is 0.416 e. The first-order valence-electron chi connectivity index (χ1n) is 11.8. The van der Waals surface area contributed by atoms with Crippen molar-refractivity contribution in [1.29, 1.82) is 0 Å². The standard InChI is InChI=1S/C28H28F3NO2/c29-28(30,31)22-9-7-20(8-10-22)25-18-34-26-12-11-23(33)17-24(26)27(25)21-5-3-19(4-6-21)13-16-32-14-1-2-15-32/h3-12,17,25,27,33H,1-2,13-16,18H2/t25-,27-/m0/s1. The van der Waals surface area contributed by atoms with Gasteiger partial charge >= 0.3 is 6.18 Å². The number of hydrogen-bond acceptors (Lipinski definition) is 3. The molecule has 0 spiro atoms. The van der Waals surface area contributed by atoms with Crippen LogP contribution in [0.2, 0.25) is 0 Å². The van der Waals surface area contributed by atoms with E-state index in [1.54, 1.807) is 30.3 Å². The van der Waals surface area contributed by atoms with E-state index in [1.807, 2.05) is 0 Å². The Morgan fingerprint density at radius 2 is 1.56 bits per heavy atom. The van der Waals surface area contributed by atoms with Crippen molar-refractivity contribution in [2.45, 2.75) is 37.3 Å². The fourth-order valence-corrected chi connectivity index (χ4v) is 5.21. The summed E-state index contributed by atoms with van der Waals surface area (Å²) in [5.41, 5.74) is 3.30. The molecule has 2 aliphatic rings. The number of phenols is 1. The lowest BCUT2D eigenvalue weighted by molar-refractivity contribution is -0.137. The average molecular weight is 468 g/mol. The number of benzene rings is 3. The Bertz CT molecular complexity index is 1120. The Labute approximate surface area is 197 Å². The number of likely N-dealkylation sites (tertiary alicyclic amines) is 1. The highest BCUT2D eigenvalue weighted by Crippen LogP contribution is 2.47. The summed E-state index contributed by atoms with van der Waals surface area (Å²) in [7, 11) is 0. The van der Waals surface area contributed by atoms with Crippen LogP contribution in [0.4, 0.5) is 13.2 Å². The van der Waals surface area contributed by atoms with Gasteiger partial charge in [-0.3, -0.25) is 0 Å². The monoisotopic (exact) mass is 467 g/mol. The van der Waals surface area contributed by atoms with E-state index in [0.717, 1.165) is 41.8 Å². The van der Waals surface area contributed by atoms with Gasteiger partial charge < -0.3 is 14.7 Å². The average Bonchev–Trinajstić information content (AvgIpc) is 3.36. The van der Waals surface area contributed by atoms with Gasteiger partial charge in [0.05, 0.1) is 12.2 Å². The zero-order valence-corrected chi connectivity index (χ0v) is 18.9. The summed E-state index contributed by atoms with van der Waals surface area (Å²) in [6, 6.07) is 18.9. The normalized spacial score (nSPS) is 20.7. The molecule has 0 radical (unpaired) electrons. The Balaban J connectivity index is 1.45. The molecule has 2 aliphatic heterocycles. The van der Waals surface area contributed by atoms with E-state index < -0.39 is 11.7 Å². The molecule has 1 fully saturated rings. The second kappa shape index (κ2) is 9.34. The molecule has 3 aromatic rings. The van der Waals surface area contributed by atoms with Crippen molar-refractivity contribution in [3.63, 3.8) is 0 Å². The van der Waals surface area contributed by atoms with Gasteiger partial charge in [0.1, 0.15) is 11.5 Å². The number of ether oxygens (including phenoxy) is 1. The zero-order valence-electron chi connectivity index (χ0n) is 18.9. The van der Waals surface area contributed by atoms with E-state index in [4.69, 9.17) is 4.74 Å². The highest BCUT2D eigenvalue weighted by Gasteiger charge is 2.35. The Morgan fingerprint density at radius 1 is 0.882 bits per heavy atom. The van der Waals surface area contributed by atoms with Gasteiger partial charge in [0, 0.05) is 23.9 Å². The number of aromatic hydroxyl groups is 1. The molecule has 2 atom stereocenters. The summed E-state index contributed by atoms with van der Waals surface area (Å²) >= 11 is 0. The molecule has 0 amide bonds. The minimum Gasteiger partial charge on any atom is -0.508 e. The van der Waals surface area contributed by atoms with Gasteiger partial charge in [-0.25, -0.2) is 0 Å². The first kappa shape index (κ1) is 22.8. The van der Waals surface area contributed by atoms with Crippen LogP contribution in [0.3, 0.4) is 0 Å². The van der Waals surface area contributed by atoms with Crippen LogP contribution >= 0.6 is 0 Å². The molecule has 5 rings (SSSR count). The third kappa shape index (κ3) is 4.78. The van der Waals surface area contributed by atoms with Gasteiger partial charge in [0.25, 0.3) is 0 Å². The number of phenolic OH excluding ortho intramolecular Hbond substituents is 1. The number of halogens is 3. The van der Waals surface area contributed by atoms with E-state index in [9.17, 15) is 18.3 Å². The Kier molecular flexibility index (Phi) is 6.26. The molecule has 1 saturated heterocycles. The molecule has 2 heterocycles. The zero-order chi connectivity index (χ0) is 23.7. The van der Waals surface area contributed by atoms with E-state index in [1.165, 1.54) is 31.5 Å². The SMILES string of the molecule is Oc1ccc2c(c1)[C@H](c1ccc(CCN3CCCC3)cc1)[C@H](c1ccc(C(F)(F)F)cc1)CO2. The molecule has 0 unspecified atom stereocenters. The smallest absolute Gasteiger partial charge is 0.416 e. The lowest BCUT2D eigenvalue weighted by Crippen LogP contribution is -2.25. The highest BCUT2D eigenvalue weighted by atomic mass is 19.4. The van der Waals surface area contributed by atoms with Gasteiger partial charge in [-0.1, -0.05) is 36.4 Å². The summed E-state index contributed by atoms with van der Waals surface area (Å²) in [5, 5.41) is 10.2. The third-order valence-electron chi connectivity index (χ3n) is 7.07. The topological polar surface area (TPSA) is 32.7 Å². The maximum atomic E-state index is 13.1. The van der Waals surface area contributed by atoms with Crippen LogP contribution < -0.4 is 4.74 Å². The van der Waals surface area contributed by atoms with E-state index in [2.05, 4.69) is 29.2 Å². The molecule has 0 bridgehead atoms. The van der Waals surface area contributed by atoms with Crippen LogP contribution in [0.25, 0.3) is 0 Å². The molecular weight excluding hydrogens is 439 g/mol. The number of nitrogens with zero attached hydrogens (tertiary/aromatic N) is 1. The Hall–Kier alpha value is -2.99. The Morgan fingerprint density at radius 3 is 2.24 bits per heavy atom. The van der Waals surface area contributed by atoms with E-state index in [0.29, 0.717) is 12.4 Å². The van der Waals surface area contributed by atoms with Crippen molar-refractivity contribution >= 4 is 0 Å². The highest BCUT2D eigenvalue weighted by molar-refractivity contribution is 5.51.